The van der Waals surface area contributed by atoms with Crippen LogP contribution in [-0.2, 0) is 4.79 Å². The molecule has 3 aromatic rings. The van der Waals surface area contributed by atoms with Crippen molar-refractivity contribution in [2.45, 2.75) is 0 Å². The smallest absolute Gasteiger partial charge is 0.310 e. The molecule has 0 aliphatic carbocycles. The summed E-state index contributed by atoms with van der Waals surface area (Å²) in [6.45, 7) is -0.425. The quantitative estimate of drug-likeness (QED) is 0.366. The molecule has 0 atom stereocenters. The number of halogens is 1. The van der Waals surface area contributed by atoms with Gasteiger partial charge in [-0.3, -0.25) is 14.9 Å². The Morgan fingerprint density at radius 2 is 1.93 bits per heavy atom. The second-order valence-corrected chi connectivity index (χ2v) is 5.90. The summed E-state index contributed by atoms with van der Waals surface area (Å²) < 4.78 is 10.8. The molecule has 142 valence electrons. The minimum Gasteiger partial charge on any atom is -0.477 e. The number of amides is 1. The summed E-state index contributed by atoms with van der Waals surface area (Å²) in [6.07, 6.45) is 1.32. The van der Waals surface area contributed by atoms with Gasteiger partial charge in [-0.15, -0.1) is 0 Å². The monoisotopic (exact) mass is 399 g/mol. The Balaban J connectivity index is 1.55. The number of nitro groups is 1. The third kappa shape index (κ3) is 4.74. The van der Waals surface area contributed by atoms with Crippen LogP contribution in [0.25, 0.3) is 11.3 Å². The summed E-state index contributed by atoms with van der Waals surface area (Å²) in [6, 6.07) is 16.4. The van der Waals surface area contributed by atoms with E-state index in [4.69, 9.17) is 20.8 Å². The van der Waals surface area contributed by atoms with Crippen molar-refractivity contribution in [2.75, 3.05) is 6.61 Å². The molecule has 0 aliphatic heterocycles. The first-order valence-corrected chi connectivity index (χ1v) is 8.45. The first-order valence-electron chi connectivity index (χ1n) is 8.07. The van der Waals surface area contributed by atoms with E-state index in [9.17, 15) is 14.9 Å². The number of carbonyl (C=O) groups excluding carboxylic acids is 1. The highest BCUT2D eigenvalue weighted by atomic mass is 35.5. The molecule has 1 amide bonds. The third-order valence-electron chi connectivity index (χ3n) is 3.57. The highest BCUT2D eigenvalue weighted by Gasteiger charge is 2.14. The molecule has 8 nitrogen and oxygen atoms in total. The molecule has 0 aliphatic rings. The molecule has 2 aromatic carbocycles. The molecule has 1 aromatic heterocycles. The van der Waals surface area contributed by atoms with Crippen molar-refractivity contribution < 1.29 is 18.9 Å². The molecular weight excluding hydrogens is 386 g/mol. The minimum absolute atomic E-state index is 0.00189. The van der Waals surface area contributed by atoms with E-state index < -0.39 is 17.4 Å². The van der Waals surface area contributed by atoms with Crippen molar-refractivity contribution >= 4 is 29.4 Å². The van der Waals surface area contributed by atoms with Crippen molar-refractivity contribution in [3.8, 4) is 17.1 Å². The zero-order valence-electron chi connectivity index (χ0n) is 14.4. The first-order chi connectivity index (χ1) is 13.5. The number of para-hydroxylation sites is 2. The van der Waals surface area contributed by atoms with Gasteiger partial charge in [0.15, 0.2) is 12.4 Å². The number of hydrazone groups is 1. The molecule has 1 N–H and O–H groups in total. The van der Waals surface area contributed by atoms with Gasteiger partial charge in [0.05, 0.1) is 16.2 Å². The normalized spacial score (nSPS) is 10.8. The van der Waals surface area contributed by atoms with Gasteiger partial charge < -0.3 is 9.15 Å². The number of rotatable bonds is 7. The van der Waals surface area contributed by atoms with E-state index in [0.717, 1.165) is 5.56 Å². The third-order valence-corrected chi connectivity index (χ3v) is 3.90. The number of hydrogen-bond donors (Lipinski definition) is 1. The second-order valence-electron chi connectivity index (χ2n) is 5.49. The van der Waals surface area contributed by atoms with E-state index in [2.05, 4.69) is 10.5 Å². The maximum Gasteiger partial charge on any atom is 0.310 e. The summed E-state index contributed by atoms with van der Waals surface area (Å²) in [5, 5.41) is 15.2. The zero-order valence-corrected chi connectivity index (χ0v) is 15.1. The zero-order chi connectivity index (χ0) is 19.9. The maximum atomic E-state index is 11.8. The van der Waals surface area contributed by atoms with E-state index >= 15 is 0 Å². The van der Waals surface area contributed by atoms with Crippen LogP contribution in [0, 0.1) is 10.1 Å². The summed E-state index contributed by atoms with van der Waals surface area (Å²) in [4.78, 5) is 22.1. The molecular formula is C19H14ClN3O5. The summed E-state index contributed by atoms with van der Waals surface area (Å²) in [5.74, 6) is 0.405. The number of hydrogen-bond acceptors (Lipinski definition) is 6. The van der Waals surface area contributed by atoms with Gasteiger partial charge in [-0.2, -0.15) is 5.10 Å². The van der Waals surface area contributed by atoms with Gasteiger partial charge in [0.25, 0.3) is 5.91 Å². The van der Waals surface area contributed by atoms with E-state index in [-0.39, 0.29) is 11.4 Å². The Morgan fingerprint density at radius 1 is 1.18 bits per heavy atom. The molecule has 28 heavy (non-hydrogen) atoms. The number of nitrogens with one attached hydrogen (secondary N) is 1. The molecule has 3 rings (SSSR count). The van der Waals surface area contributed by atoms with Crippen LogP contribution >= 0.6 is 11.6 Å². The lowest BCUT2D eigenvalue weighted by atomic mass is 10.2. The Morgan fingerprint density at radius 3 is 2.71 bits per heavy atom. The lowest BCUT2D eigenvalue weighted by Crippen LogP contribution is -2.24. The molecule has 1 heterocycles. The van der Waals surface area contributed by atoms with Crippen LogP contribution in [0.2, 0.25) is 5.02 Å². The van der Waals surface area contributed by atoms with Gasteiger partial charge in [0.1, 0.15) is 11.5 Å². The Hall–Kier alpha value is -3.65. The van der Waals surface area contributed by atoms with Gasteiger partial charge >= 0.3 is 5.69 Å². The predicted octanol–water partition coefficient (Wildman–Crippen LogP) is 4.04. The van der Waals surface area contributed by atoms with E-state index in [1.807, 2.05) is 18.2 Å². The number of nitro benzene ring substituents is 1. The topological polar surface area (TPSA) is 107 Å². The summed E-state index contributed by atoms with van der Waals surface area (Å²) in [5.41, 5.74) is 2.78. The van der Waals surface area contributed by atoms with Crippen molar-refractivity contribution in [2.24, 2.45) is 5.10 Å². The van der Waals surface area contributed by atoms with Gasteiger partial charge in [-0.05, 0) is 30.3 Å². The molecule has 0 saturated carbocycles. The second kappa shape index (κ2) is 8.83. The van der Waals surface area contributed by atoms with Crippen LogP contribution in [0.3, 0.4) is 0 Å². The number of nitrogens with zero attached hydrogens (tertiary/aromatic N) is 2. The molecule has 0 spiro atoms. The number of ether oxygens (including phenoxy) is 1. The van der Waals surface area contributed by atoms with Gasteiger partial charge in [-0.25, -0.2) is 5.43 Å². The van der Waals surface area contributed by atoms with Gasteiger partial charge in [0.2, 0.25) is 0 Å². The predicted molar refractivity (Wildman–Crippen MR) is 103 cm³/mol. The van der Waals surface area contributed by atoms with E-state index in [1.165, 1.54) is 24.4 Å². The van der Waals surface area contributed by atoms with Crippen LogP contribution in [-0.4, -0.2) is 23.7 Å². The van der Waals surface area contributed by atoms with Crippen molar-refractivity contribution in [1.29, 1.82) is 0 Å². The lowest BCUT2D eigenvalue weighted by molar-refractivity contribution is -0.385. The fourth-order valence-electron chi connectivity index (χ4n) is 2.30. The molecule has 0 fully saturated rings. The molecule has 0 saturated heterocycles. The Kier molecular flexibility index (Phi) is 6.03. The van der Waals surface area contributed by atoms with Crippen LogP contribution in [0.15, 0.2) is 70.2 Å². The summed E-state index contributed by atoms with van der Waals surface area (Å²) >= 11 is 6.12. The van der Waals surface area contributed by atoms with Crippen molar-refractivity contribution in [1.82, 2.24) is 5.43 Å². The van der Waals surface area contributed by atoms with Crippen LogP contribution in [0.5, 0.6) is 5.75 Å². The molecule has 0 radical (unpaired) electrons. The fraction of sp³-hybridized carbons (Fsp3) is 0.0526. The first kappa shape index (κ1) is 19.1. The lowest BCUT2D eigenvalue weighted by Gasteiger charge is -2.05. The number of furan rings is 1. The largest absolute Gasteiger partial charge is 0.477 e. The maximum absolute atomic E-state index is 11.8. The fourth-order valence-corrected chi connectivity index (χ4v) is 2.53. The standard InChI is InChI=1S/C19H14ClN3O5/c20-15-6-2-1-5-14(15)17-10-9-13(28-17)11-21-22-19(24)12-27-18-8-4-3-7-16(18)23(25)26/h1-11H,12H2,(H,22,24)/b21-11+. The van der Waals surface area contributed by atoms with Gasteiger partial charge in [0, 0.05) is 11.6 Å². The SMILES string of the molecule is O=C(COc1ccccc1[N+](=O)[O-])N/N=C/c1ccc(-c2ccccc2Cl)o1. The molecule has 9 heteroatoms. The number of carbonyl (C=O) groups is 1. The summed E-state index contributed by atoms with van der Waals surface area (Å²) in [7, 11) is 0. The van der Waals surface area contributed by atoms with Crippen molar-refractivity contribution in [3.05, 3.63) is 81.6 Å². The van der Waals surface area contributed by atoms with Crippen LogP contribution in [0.1, 0.15) is 5.76 Å². The average Bonchev–Trinajstić information content (AvgIpc) is 3.15. The average molecular weight is 400 g/mol. The molecule has 0 unspecified atom stereocenters. The van der Waals surface area contributed by atoms with Crippen LogP contribution < -0.4 is 10.2 Å². The Bertz CT molecular complexity index is 1030. The van der Waals surface area contributed by atoms with Gasteiger partial charge in [-0.1, -0.05) is 35.9 Å². The Labute approximate surface area is 164 Å². The van der Waals surface area contributed by atoms with E-state index in [1.54, 1.807) is 24.3 Å². The molecule has 0 bridgehead atoms. The highest BCUT2D eigenvalue weighted by molar-refractivity contribution is 6.33. The minimum atomic E-state index is -0.584. The van der Waals surface area contributed by atoms with E-state index in [0.29, 0.717) is 16.5 Å². The number of benzene rings is 2. The highest BCUT2D eigenvalue weighted by Crippen LogP contribution is 2.28. The van der Waals surface area contributed by atoms with Crippen LogP contribution in [0.4, 0.5) is 5.69 Å². The van der Waals surface area contributed by atoms with Crippen molar-refractivity contribution in [3.63, 3.8) is 0 Å².